The molecule has 3 rings (SSSR count). The van der Waals surface area contributed by atoms with Crippen LogP contribution in [0.4, 0.5) is 0 Å². The van der Waals surface area contributed by atoms with Crippen LogP contribution in [0.25, 0.3) is 0 Å². The molecule has 2 atom stereocenters. The molecule has 2 fully saturated rings. The lowest BCUT2D eigenvalue weighted by atomic mass is 10.0. The minimum Gasteiger partial charge on any atom is -0.337 e. The summed E-state index contributed by atoms with van der Waals surface area (Å²) in [6, 6.07) is 0. The predicted octanol–water partition coefficient (Wildman–Crippen LogP) is -1.07. The molecule has 2 amide bonds. The monoisotopic (exact) mass is 236 g/mol. The largest absolute Gasteiger partial charge is 0.337 e. The fourth-order valence-corrected chi connectivity index (χ4v) is 2.83. The molecule has 0 spiro atoms. The number of hydrogen-bond donors (Lipinski definition) is 2. The SMILES string of the molecule is O=C1CCC(C(=O)N2C[C@H]3CNC[C@H]3C2)=NN1. The van der Waals surface area contributed by atoms with E-state index >= 15 is 0 Å². The minimum atomic E-state index is -0.107. The number of rotatable bonds is 1. The molecule has 3 aliphatic heterocycles. The number of likely N-dealkylation sites (tertiary alicyclic amines) is 1. The van der Waals surface area contributed by atoms with Crippen LogP contribution in [-0.2, 0) is 9.59 Å². The van der Waals surface area contributed by atoms with Crippen molar-refractivity contribution in [1.29, 1.82) is 0 Å². The smallest absolute Gasteiger partial charge is 0.270 e. The Bertz CT molecular complexity index is 381. The maximum absolute atomic E-state index is 12.2. The van der Waals surface area contributed by atoms with E-state index in [0.717, 1.165) is 26.2 Å². The van der Waals surface area contributed by atoms with E-state index in [1.165, 1.54) is 0 Å². The van der Waals surface area contributed by atoms with E-state index in [2.05, 4.69) is 15.8 Å². The molecule has 0 aromatic heterocycles. The summed E-state index contributed by atoms with van der Waals surface area (Å²) in [5.41, 5.74) is 2.87. The molecule has 92 valence electrons. The van der Waals surface area contributed by atoms with Crippen LogP contribution in [0.1, 0.15) is 12.8 Å². The van der Waals surface area contributed by atoms with Gasteiger partial charge < -0.3 is 10.2 Å². The highest BCUT2D eigenvalue weighted by Crippen LogP contribution is 2.26. The fraction of sp³-hybridized carbons (Fsp3) is 0.727. The van der Waals surface area contributed by atoms with Gasteiger partial charge in [-0.1, -0.05) is 0 Å². The first-order valence-electron chi connectivity index (χ1n) is 6.09. The zero-order chi connectivity index (χ0) is 11.8. The summed E-state index contributed by atoms with van der Waals surface area (Å²) in [6.07, 6.45) is 0.835. The number of amides is 2. The van der Waals surface area contributed by atoms with Gasteiger partial charge in [-0.25, -0.2) is 5.43 Å². The number of carbonyl (C=O) groups is 2. The standard InChI is InChI=1S/C11H16N4O2/c16-10-2-1-9(13-14-10)11(17)15-5-7-3-12-4-8(7)6-15/h7-8,12H,1-6H2,(H,14,16)/t7-,8+. The zero-order valence-electron chi connectivity index (χ0n) is 9.61. The molecule has 6 nitrogen and oxygen atoms in total. The van der Waals surface area contributed by atoms with Gasteiger partial charge in [0.05, 0.1) is 0 Å². The molecule has 0 bridgehead atoms. The summed E-state index contributed by atoms with van der Waals surface area (Å²) in [6.45, 7) is 3.67. The minimum absolute atomic E-state index is 0.000556. The molecule has 3 heterocycles. The van der Waals surface area contributed by atoms with Crippen molar-refractivity contribution in [2.45, 2.75) is 12.8 Å². The third-order valence-corrected chi connectivity index (χ3v) is 3.83. The second-order valence-corrected chi connectivity index (χ2v) is 4.98. The maximum Gasteiger partial charge on any atom is 0.270 e. The molecule has 0 radical (unpaired) electrons. The van der Waals surface area contributed by atoms with Crippen molar-refractivity contribution in [1.82, 2.24) is 15.6 Å². The van der Waals surface area contributed by atoms with Gasteiger partial charge in [-0.15, -0.1) is 0 Å². The van der Waals surface area contributed by atoms with Crippen LogP contribution >= 0.6 is 0 Å². The molecule has 0 aromatic rings. The summed E-state index contributed by atoms with van der Waals surface area (Å²) < 4.78 is 0. The van der Waals surface area contributed by atoms with Crippen molar-refractivity contribution in [3.63, 3.8) is 0 Å². The highest BCUT2D eigenvalue weighted by molar-refractivity contribution is 6.39. The van der Waals surface area contributed by atoms with Gasteiger partial charge in [-0.05, 0) is 11.8 Å². The number of hydrazone groups is 1. The lowest BCUT2D eigenvalue weighted by Gasteiger charge is -2.20. The molecule has 2 N–H and O–H groups in total. The summed E-state index contributed by atoms with van der Waals surface area (Å²) in [7, 11) is 0. The Morgan fingerprint density at radius 2 is 1.94 bits per heavy atom. The lowest BCUT2D eigenvalue weighted by Crippen LogP contribution is -2.40. The van der Waals surface area contributed by atoms with Crippen LogP contribution in [-0.4, -0.2) is 48.6 Å². The predicted molar refractivity (Wildman–Crippen MR) is 61.2 cm³/mol. The Kier molecular flexibility index (Phi) is 2.58. The second-order valence-electron chi connectivity index (χ2n) is 4.98. The summed E-state index contributed by atoms with van der Waals surface area (Å²) in [5.74, 6) is 1.08. The van der Waals surface area contributed by atoms with Gasteiger partial charge in [-0.3, -0.25) is 9.59 Å². The van der Waals surface area contributed by atoms with Gasteiger partial charge in [0.15, 0.2) is 0 Å². The first kappa shape index (κ1) is 10.7. The van der Waals surface area contributed by atoms with Gasteiger partial charge in [0.25, 0.3) is 5.91 Å². The zero-order valence-corrected chi connectivity index (χ0v) is 9.61. The van der Waals surface area contributed by atoms with E-state index in [4.69, 9.17) is 0 Å². The molecule has 17 heavy (non-hydrogen) atoms. The van der Waals surface area contributed by atoms with Crippen molar-refractivity contribution in [2.75, 3.05) is 26.2 Å². The molecular formula is C11H16N4O2. The molecular weight excluding hydrogens is 220 g/mol. The average molecular weight is 236 g/mol. The van der Waals surface area contributed by atoms with Gasteiger partial charge >= 0.3 is 0 Å². The Hall–Kier alpha value is -1.43. The van der Waals surface area contributed by atoms with E-state index in [1.54, 1.807) is 0 Å². The van der Waals surface area contributed by atoms with E-state index in [0.29, 0.717) is 30.4 Å². The highest BCUT2D eigenvalue weighted by atomic mass is 16.2. The molecule has 0 unspecified atom stereocenters. The highest BCUT2D eigenvalue weighted by Gasteiger charge is 2.39. The van der Waals surface area contributed by atoms with Crippen molar-refractivity contribution >= 4 is 17.5 Å². The van der Waals surface area contributed by atoms with E-state index in [-0.39, 0.29) is 11.8 Å². The van der Waals surface area contributed by atoms with Crippen molar-refractivity contribution in [2.24, 2.45) is 16.9 Å². The lowest BCUT2D eigenvalue weighted by molar-refractivity contribution is -0.124. The fourth-order valence-electron chi connectivity index (χ4n) is 2.83. The van der Waals surface area contributed by atoms with Gasteiger partial charge in [0.1, 0.15) is 5.71 Å². The molecule has 3 aliphatic rings. The molecule has 6 heteroatoms. The number of carbonyl (C=O) groups excluding carboxylic acids is 2. The summed E-state index contributed by atoms with van der Waals surface area (Å²) in [5, 5.41) is 7.20. The molecule has 2 saturated heterocycles. The number of hydrogen-bond acceptors (Lipinski definition) is 4. The second kappa shape index (κ2) is 4.10. The Morgan fingerprint density at radius 1 is 1.24 bits per heavy atom. The van der Waals surface area contributed by atoms with Gasteiger partial charge in [0.2, 0.25) is 5.91 Å². The summed E-state index contributed by atoms with van der Waals surface area (Å²) >= 11 is 0. The first-order valence-corrected chi connectivity index (χ1v) is 6.09. The Labute approximate surface area is 99.4 Å². The first-order chi connectivity index (χ1) is 8.24. The van der Waals surface area contributed by atoms with Crippen LogP contribution in [0, 0.1) is 11.8 Å². The summed E-state index contributed by atoms with van der Waals surface area (Å²) in [4.78, 5) is 25.0. The maximum atomic E-state index is 12.2. The van der Waals surface area contributed by atoms with Crippen LogP contribution < -0.4 is 10.7 Å². The van der Waals surface area contributed by atoms with Crippen molar-refractivity contribution < 1.29 is 9.59 Å². The quantitative estimate of drug-likeness (QED) is 0.609. The van der Waals surface area contributed by atoms with Crippen molar-refractivity contribution in [3.8, 4) is 0 Å². The van der Waals surface area contributed by atoms with Crippen LogP contribution in [0.5, 0.6) is 0 Å². The number of nitrogens with one attached hydrogen (secondary N) is 2. The van der Waals surface area contributed by atoms with Crippen molar-refractivity contribution in [3.05, 3.63) is 0 Å². The van der Waals surface area contributed by atoms with Crippen LogP contribution in [0.2, 0.25) is 0 Å². The average Bonchev–Trinajstić information content (AvgIpc) is 2.89. The Balaban J connectivity index is 1.65. The van der Waals surface area contributed by atoms with Crippen LogP contribution in [0.3, 0.4) is 0 Å². The van der Waals surface area contributed by atoms with Gasteiger partial charge in [0, 0.05) is 39.0 Å². The molecule has 0 aromatic carbocycles. The number of fused-ring (bicyclic) bond motifs is 1. The van der Waals surface area contributed by atoms with Gasteiger partial charge in [-0.2, -0.15) is 5.10 Å². The van der Waals surface area contributed by atoms with E-state index in [9.17, 15) is 9.59 Å². The van der Waals surface area contributed by atoms with Crippen LogP contribution in [0.15, 0.2) is 5.10 Å². The third-order valence-electron chi connectivity index (χ3n) is 3.83. The van der Waals surface area contributed by atoms with E-state index < -0.39 is 0 Å². The molecule has 0 aliphatic carbocycles. The number of nitrogens with zero attached hydrogens (tertiary/aromatic N) is 2. The van der Waals surface area contributed by atoms with E-state index in [1.807, 2.05) is 4.90 Å². The Morgan fingerprint density at radius 3 is 2.53 bits per heavy atom. The topological polar surface area (TPSA) is 73.8 Å². The third kappa shape index (κ3) is 1.93. The molecule has 0 saturated carbocycles. The normalized spacial score (nSPS) is 32.1.